The van der Waals surface area contributed by atoms with Gasteiger partial charge in [-0.05, 0) is 24.6 Å². The molecule has 0 radical (unpaired) electrons. The van der Waals surface area contributed by atoms with Crippen LogP contribution in [0.25, 0.3) is 0 Å². The van der Waals surface area contributed by atoms with Crippen LogP contribution in [0.1, 0.15) is 24.2 Å². The second kappa shape index (κ2) is 5.89. The number of benzene rings is 1. The number of nitrogens with one attached hydrogen (secondary N) is 1. The zero-order valence-corrected chi connectivity index (χ0v) is 10.7. The molecule has 3 nitrogen and oxygen atoms in total. The highest BCUT2D eigenvalue weighted by atomic mass is 35.5. The van der Waals surface area contributed by atoms with Crippen LogP contribution in [0.5, 0.6) is 0 Å². The lowest BCUT2D eigenvalue weighted by Crippen LogP contribution is -2.19. The van der Waals surface area contributed by atoms with Gasteiger partial charge >= 0.3 is 0 Å². The predicted octanol–water partition coefficient (Wildman–Crippen LogP) is 3.12. The molecule has 0 aliphatic carbocycles. The molecule has 1 aromatic carbocycles. The molecule has 1 heterocycles. The van der Waals surface area contributed by atoms with E-state index in [-0.39, 0.29) is 11.1 Å². The smallest absolute Gasteiger partial charge is 0.141 e. The van der Waals surface area contributed by atoms with Crippen LogP contribution >= 0.6 is 11.6 Å². The van der Waals surface area contributed by atoms with Crippen molar-refractivity contribution in [3.05, 3.63) is 58.9 Å². The van der Waals surface area contributed by atoms with E-state index in [1.54, 1.807) is 30.7 Å². The summed E-state index contributed by atoms with van der Waals surface area (Å²) in [4.78, 5) is 8.22. The maximum absolute atomic E-state index is 13.0. The first-order valence-corrected chi connectivity index (χ1v) is 5.98. The van der Waals surface area contributed by atoms with E-state index >= 15 is 0 Å². The monoisotopic (exact) mass is 265 g/mol. The van der Waals surface area contributed by atoms with E-state index in [1.165, 1.54) is 6.07 Å². The molecular weight excluding hydrogens is 253 g/mol. The Bertz CT molecular complexity index is 519. The number of aromatic nitrogens is 2. The van der Waals surface area contributed by atoms with Gasteiger partial charge in [-0.2, -0.15) is 0 Å². The van der Waals surface area contributed by atoms with Crippen LogP contribution < -0.4 is 5.32 Å². The molecule has 18 heavy (non-hydrogen) atoms. The molecule has 0 fully saturated rings. The highest BCUT2D eigenvalue weighted by Crippen LogP contribution is 2.16. The summed E-state index contributed by atoms with van der Waals surface area (Å²) in [7, 11) is 0. The summed E-state index contributed by atoms with van der Waals surface area (Å²) in [5, 5.41) is 3.42. The molecule has 0 bridgehead atoms. The van der Waals surface area contributed by atoms with Gasteiger partial charge in [0.05, 0.1) is 10.7 Å². The normalized spacial score (nSPS) is 12.4. The van der Waals surface area contributed by atoms with E-state index in [9.17, 15) is 4.39 Å². The summed E-state index contributed by atoms with van der Waals surface area (Å²) in [5.41, 5.74) is 1.79. The lowest BCUT2D eigenvalue weighted by molar-refractivity contribution is 0.558. The van der Waals surface area contributed by atoms with Crippen molar-refractivity contribution in [1.29, 1.82) is 0 Å². The zero-order valence-electron chi connectivity index (χ0n) is 9.90. The fraction of sp³-hybridized carbons (Fsp3) is 0.231. The van der Waals surface area contributed by atoms with Gasteiger partial charge in [-0.15, -0.1) is 0 Å². The first kappa shape index (κ1) is 12.9. The van der Waals surface area contributed by atoms with E-state index in [1.807, 2.05) is 6.92 Å². The number of nitrogens with zero attached hydrogens (tertiary/aromatic N) is 2. The first-order chi connectivity index (χ1) is 8.66. The van der Waals surface area contributed by atoms with Crippen LogP contribution in [0.3, 0.4) is 0 Å². The molecule has 94 valence electrons. The average molecular weight is 266 g/mol. The van der Waals surface area contributed by atoms with Crippen molar-refractivity contribution < 1.29 is 4.39 Å². The minimum absolute atomic E-state index is 0.0718. The van der Waals surface area contributed by atoms with Gasteiger partial charge in [0.25, 0.3) is 0 Å². The molecule has 0 aliphatic heterocycles. The third kappa shape index (κ3) is 3.24. The number of halogens is 2. The molecule has 2 aromatic rings. The molecule has 1 N–H and O–H groups in total. The highest BCUT2D eigenvalue weighted by Gasteiger charge is 2.07. The zero-order chi connectivity index (χ0) is 13.0. The molecule has 0 spiro atoms. The second-order valence-corrected chi connectivity index (χ2v) is 4.39. The average Bonchev–Trinajstić information content (AvgIpc) is 2.41. The standard InChI is InChI=1S/C13H13ClFN3/c1-9(13-8-16-4-5-17-13)18-7-10-2-3-12(15)11(14)6-10/h2-6,8-9,18H,7H2,1H3. The van der Waals surface area contributed by atoms with Crippen LogP contribution in [0.4, 0.5) is 4.39 Å². The van der Waals surface area contributed by atoms with Crippen molar-refractivity contribution in [2.75, 3.05) is 0 Å². The summed E-state index contributed by atoms with van der Waals surface area (Å²) in [6, 6.07) is 4.76. The van der Waals surface area contributed by atoms with E-state index in [0.717, 1.165) is 11.3 Å². The van der Waals surface area contributed by atoms with Gasteiger partial charge in [0.2, 0.25) is 0 Å². The van der Waals surface area contributed by atoms with Gasteiger partial charge in [-0.1, -0.05) is 17.7 Å². The van der Waals surface area contributed by atoms with E-state index in [4.69, 9.17) is 11.6 Å². The molecule has 0 aliphatic rings. The molecule has 1 unspecified atom stereocenters. The maximum atomic E-state index is 13.0. The number of hydrogen-bond acceptors (Lipinski definition) is 3. The number of hydrogen-bond donors (Lipinski definition) is 1. The Kier molecular flexibility index (Phi) is 4.23. The Hall–Kier alpha value is -1.52. The fourth-order valence-corrected chi connectivity index (χ4v) is 1.76. The molecular formula is C13H13ClFN3. The summed E-state index contributed by atoms with van der Waals surface area (Å²) in [6.45, 7) is 2.59. The Morgan fingerprint density at radius 2 is 2.22 bits per heavy atom. The third-order valence-corrected chi connectivity index (χ3v) is 2.91. The highest BCUT2D eigenvalue weighted by molar-refractivity contribution is 6.30. The fourth-order valence-electron chi connectivity index (χ4n) is 1.56. The van der Waals surface area contributed by atoms with Crippen molar-refractivity contribution in [2.45, 2.75) is 19.5 Å². The summed E-state index contributed by atoms with van der Waals surface area (Å²) < 4.78 is 13.0. The largest absolute Gasteiger partial charge is 0.305 e. The molecule has 0 amide bonds. The topological polar surface area (TPSA) is 37.8 Å². The summed E-state index contributed by atoms with van der Waals surface area (Å²) in [5.74, 6) is -0.401. The molecule has 1 aromatic heterocycles. The van der Waals surface area contributed by atoms with Crippen molar-refractivity contribution in [2.24, 2.45) is 0 Å². The van der Waals surface area contributed by atoms with Crippen molar-refractivity contribution >= 4 is 11.6 Å². The van der Waals surface area contributed by atoms with Gasteiger partial charge in [0.1, 0.15) is 5.82 Å². The molecule has 0 saturated heterocycles. The first-order valence-electron chi connectivity index (χ1n) is 5.60. The Morgan fingerprint density at radius 1 is 1.39 bits per heavy atom. The molecule has 5 heteroatoms. The van der Waals surface area contributed by atoms with Crippen LogP contribution in [0.15, 0.2) is 36.8 Å². The Labute approximate surface area is 110 Å². The molecule has 0 saturated carbocycles. The number of rotatable bonds is 4. The van der Waals surface area contributed by atoms with Crippen molar-refractivity contribution in [1.82, 2.24) is 15.3 Å². The van der Waals surface area contributed by atoms with E-state index in [2.05, 4.69) is 15.3 Å². The van der Waals surface area contributed by atoms with Gasteiger partial charge in [0.15, 0.2) is 0 Å². The van der Waals surface area contributed by atoms with Crippen LogP contribution in [-0.2, 0) is 6.54 Å². The summed E-state index contributed by atoms with van der Waals surface area (Å²) in [6.07, 6.45) is 5.01. The lowest BCUT2D eigenvalue weighted by Gasteiger charge is -2.12. The van der Waals surface area contributed by atoms with Gasteiger partial charge in [-0.3, -0.25) is 9.97 Å². The third-order valence-electron chi connectivity index (χ3n) is 2.62. The second-order valence-electron chi connectivity index (χ2n) is 3.98. The maximum Gasteiger partial charge on any atom is 0.141 e. The lowest BCUT2D eigenvalue weighted by atomic mass is 10.2. The van der Waals surface area contributed by atoms with E-state index < -0.39 is 5.82 Å². The van der Waals surface area contributed by atoms with Crippen LogP contribution in [0.2, 0.25) is 5.02 Å². The predicted molar refractivity (Wildman–Crippen MR) is 68.7 cm³/mol. The molecule has 2 rings (SSSR count). The van der Waals surface area contributed by atoms with Gasteiger partial charge in [0, 0.05) is 31.2 Å². The summed E-state index contributed by atoms with van der Waals surface area (Å²) >= 11 is 5.72. The Balaban J connectivity index is 1.97. The van der Waals surface area contributed by atoms with Crippen LogP contribution in [-0.4, -0.2) is 9.97 Å². The molecule has 1 atom stereocenters. The SMILES string of the molecule is CC(NCc1ccc(F)c(Cl)c1)c1cnccn1. The minimum atomic E-state index is -0.401. The van der Waals surface area contributed by atoms with Crippen LogP contribution in [0, 0.1) is 5.82 Å². The van der Waals surface area contributed by atoms with Crippen molar-refractivity contribution in [3.8, 4) is 0 Å². The Morgan fingerprint density at radius 3 is 2.89 bits per heavy atom. The quantitative estimate of drug-likeness (QED) is 0.923. The van der Waals surface area contributed by atoms with Crippen molar-refractivity contribution in [3.63, 3.8) is 0 Å². The van der Waals surface area contributed by atoms with E-state index in [0.29, 0.717) is 6.54 Å². The minimum Gasteiger partial charge on any atom is -0.305 e. The van der Waals surface area contributed by atoms with Gasteiger partial charge < -0.3 is 5.32 Å². The van der Waals surface area contributed by atoms with Gasteiger partial charge in [-0.25, -0.2) is 4.39 Å².